The molecule has 5 aromatic carbocycles. The van der Waals surface area contributed by atoms with Crippen LogP contribution in [0.5, 0.6) is 0 Å². The number of benzene rings is 5. The first kappa shape index (κ1) is 20.7. The largest absolute Gasteiger partial charge is 0.481 e. The van der Waals surface area contributed by atoms with Gasteiger partial charge in [0, 0.05) is 5.92 Å². The number of carboxylic acid groups (broad SMARTS) is 2. The van der Waals surface area contributed by atoms with Gasteiger partial charge in [0.05, 0.1) is 12.3 Å². The number of carbonyl (C=O) groups is 2. The Kier molecular flexibility index (Phi) is 5.27. The average molecular weight is 434 g/mol. The van der Waals surface area contributed by atoms with Crippen molar-refractivity contribution in [1.82, 2.24) is 0 Å². The third-order valence-corrected chi connectivity index (χ3v) is 6.41. The second kappa shape index (κ2) is 8.40. The average Bonchev–Trinajstić information content (AvgIpc) is 2.83. The van der Waals surface area contributed by atoms with Gasteiger partial charge in [-0.15, -0.1) is 0 Å². The molecule has 2 unspecified atom stereocenters. The summed E-state index contributed by atoms with van der Waals surface area (Å²) in [6, 6.07) is 31.6. The third kappa shape index (κ3) is 3.70. The van der Waals surface area contributed by atoms with Gasteiger partial charge in [-0.1, -0.05) is 97.1 Å². The van der Waals surface area contributed by atoms with Gasteiger partial charge in [-0.3, -0.25) is 9.59 Å². The van der Waals surface area contributed by atoms with Crippen LogP contribution in [0.15, 0.2) is 97.1 Å². The summed E-state index contributed by atoms with van der Waals surface area (Å²) in [5, 5.41) is 25.8. The van der Waals surface area contributed by atoms with Crippen LogP contribution in [-0.4, -0.2) is 22.2 Å². The zero-order valence-corrected chi connectivity index (χ0v) is 17.8. The lowest BCUT2D eigenvalue weighted by molar-refractivity contribution is -0.148. The SMILES string of the molecule is O=C(O)CC(C(=O)O)C(c1cccc2ccccc12)c1cccc2ccc3ccccc3c12. The number of rotatable bonds is 6. The molecule has 2 N–H and O–H groups in total. The van der Waals surface area contributed by atoms with Crippen LogP contribution in [0.2, 0.25) is 0 Å². The molecule has 162 valence electrons. The molecule has 33 heavy (non-hydrogen) atoms. The lowest BCUT2D eigenvalue weighted by Crippen LogP contribution is -2.26. The zero-order chi connectivity index (χ0) is 22.9. The van der Waals surface area contributed by atoms with Crippen LogP contribution in [-0.2, 0) is 9.59 Å². The van der Waals surface area contributed by atoms with E-state index in [-0.39, 0.29) is 0 Å². The molecule has 0 saturated carbocycles. The third-order valence-electron chi connectivity index (χ3n) is 6.41. The molecule has 2 atom stereocenters. The maximum atomic E-state index is 12.5. The molecule has 0 aliphatic heterocycles. The molecule has 0 aliphatic carbocycles. The highest BCUT2D eigenvalue weighted by Crippen LogP contribution is 2.42. The van der Waals surface area contributed by atoms with E-state index in [1.807, 2.05) is 91.0 Å². The van der Waals surface area contributed by atoms with E-state index in [1.165, 1.54) is 0 Å². The minimum absolute atomic E-state index is 0.468. The standard InChI is InChI=1S/C29H22O4/c30-26(31)17-25(29(32)33)28(23-13-5-9-18-7-1-3-11-21(18)23)24-14-6-10-20-16-15-19-8-2-4-12-22(19)27(20)24/h1-16,25,28H,17H2,(H,30,31)(H,32,33). The molecule has 0 fully saturated rings. The molecule has 0 saturated heterocycles. The monoisotopic (exact) mass is 434 g/mol. The van der Waals surface area contributed by atoms with Crippen LogP contribution in [0.3, 0.4) is 0 Å². The second-order valence-corrected chi connectivity index (χ2v) is 8.32. The molecule has 0 bridgehead atoms. The van der Waals surface area contributed by atoms with Crippen molar-refractivity contribution >= 4 is 44.3 Å². The normalized spacial score (nSPS) is 13.2. The smallest absolute Gasteiger partial charge is 0.308 e. The number of carboxylic acids is 2. The number of aliphatic carboxylic acids is 2. The molecular weight excluding hydrogens is 412 g/mol. The first-order chi connectivity index (χ1) is 16.0. The lowest BCUT2D eigenvalue weighted by Gasteiger charge is -2.27. The first-order valence-electron chi connectivity index (χ1n) is 10.9. The molecule has 0 spiro atoms. The summed E-state index contributed by atoms with van der Waals surface area (Å²) < 4.78 is 0. The van der Waals surface area contributed by atoms with Gasteiger partial charge in [0.2, 0.25) is 0 Å². The summed E-state index contributed by atoms with van der Waals surface area (Å²) in [7, 11) is 0. The van der Waals surface area contributed by atoms with E-state index < -0.39 is 30.2 Å². The molecule has 0 heterocycles. The fraction of sp³-hybridized carbons (Fsp3) is 0.103. The summed E-state index contributed by atoms with van der Waals surface area (Å²) >= 11 is 0. The Balaban J connectivity index is 1.89. The molecule has 4 nitrogen and oxygen atoms in total. The van der Waals surface area contributed by atoms with Crippen molar-refractivity contribution in [3.05, 3.63) is 108 Å². The van der Waals surface area contributed by atoms with Crippen molar-refractivity contribution in [2.75, 3.05) is 0 Å². The van der Waals surface area contributed by atoms with Crippen molar-refractivity contribution in [3.8, 4) is 0 Å². The van der Waals surface area contributed by atoms with Crippen LogP contribution in [0, 0.1) is 5.92 Å². The van der Waals surface area contributed by atoms with Crippen molar-refractivity contribution in [1.29, 1.82) is 0 Å². The Bertz CT molecular complexity index is 1510. The van der Waals surface area contributed by atoms with E-state index in [9.17, 15) is 19.8 Å². The fourth-order valence-corrected chi connectivity index (χ4v) is 5.01. The maximum Gasteiger partial charge on any atom is 0.308 e. The predicted molar refractivity (Wildman–Crippen MR) is 131 cm³/mol. The number of hydrogen-bond donors (Lipinski definition) is 2. The predicted octanol–water partition coefficient (Wildman–Crippen LogP) is 6.45. The Labute approximate surface area is 190 Å². The Morgan fingerprint density at radius 1 is 0.606 bits per heavy atom. The first-order valence-corrected chi connectivity index (χ1v) is 10.9. The minimum Gasteiger partial charge on any atom is -0.481 e. The van der Waals surface area contributed by atoms with Crippen LogP contribution < -0.4 is 0 Å². The maximum absolute atomic E-state index is 12.5. The van der Waals surface area contributed by atoms with Crippen molar-refractivity contribution in [2.45, 2.75) is 12.3 Å². The molecule has 0 radical (unpaired) electrons. The summed E-state index contributed by atoms with van der Waals surface area (Å²) in [5.41, 5.74) is 1.65. The van der Waals surface area contributed by atoms with Crippen LogP contribution in [0.1, 0.15) is 23.5 Å². The van der Waals surface area contributed by atoms with Crippen LogP contribution in [0.25, 0.3) is 32.3 Å². The molecule has 5 rings (SSSR count). The van der Waals surface area contributed by atoms with Gasteiger partial charge in [-0.2, -0.15) is 0 Å². The highest BCUT2D eigenvalue weighted by Gasteiger charge is 2.35. The van der Waals surface area contributed by atoms with Gasteiger partial charge in [-0.05, 0) is 43.4 Å². The van der Waals surface area contributed by atoms with Gasteiger partial charge < -0.3 is 10.2 Å². The molecule has 5 aromatic rings. The molecule has 0 aromatic heterocycles. The molecule has 4 heteroatoms. The second-order valence-electron chi connectivity index (χ2n) is 8.32. The minimum atomic E-state index is -1.13. The number of hydrogen-bond acceptors (Lipinski definition) is 2. The molecular formula is C29H22O4. The van der Waals surface area contributed by atoms with E-state index in [0.717, 1.165) is 43.4 Å². The van der Waals surface area contributed by atoms with Gasteiger partial charge in [0.25, 0.3) is 0 Å². The van der Waals surface area contributed by atoms with E-state index in [0.29, 0.717) is 0 Å². The molecule has 0 aliphatic rings. The van der Waals surface area contributed by atoms with E-state index in [4.69, 9.17) is 0 Å². The van der Waals surface area contributed by atoms with E-state index in [2.05, 4.69) is 6.07 Å². The Morgan fingerprint density at radius 3 is 1.85 bits per heavy atom. The van der Waals surface area contributed by atoms with Gasteiger partial charge in [-0.25, -0.2) is 0 Å². The summed E-state index contributed by atoms with van der Waals surface area (Å²) in [4.78, 5) is 24.3. The number of fused-ring (bicyclic) bond motifs is 4. The Hall–Kier alpha value is -4.18. The summed E-state index contributed by atoms with van der Waals surface area (Å²) in [6.07, 6.45) is -0.468. The van der Waals surface area contributed by atoms with Gasteiger partial charge in [0.15, 0.2) is 0 Å². The van der Waals surface area contributed by atoms with Crippen molar-refractivity contribution < 1.29 is 19.8 Å². The summed E-state index contributed by atoms with van der Waals surface area (Å²) in [5.74, 6) is -4.01. The molecule has 0 amide bonds. The summed E-state index contributed by atoms with van der Waals surface area (Å²) in [6.45, 7) is 0. The fourth-order valence-electron chi connectivity index (χ4n) is 5.01. The quantitative estimate of drug-likeness (QED) is 0.301. The topological polar surface area (TPSA) is 74.6 Å². The lowest BCUT2D eigenvalue weighted by atomic mass is 9.75. The van der Waals surface area contributed by atoms with Gasteiger partial charge in [0.1, 0.15) is 0 Å². The van der Waals surface area contributed by atoms with Crippen molar-refractivity contribution in [3.63, 3.8) is 0 Å². The van der Waals surface area contributed by atoms with E-state index in [1.54, 1.807) is 0 Å². The Morgan fingerprint density at radius 2 is 1.15 bits per heavy atom. The van der Waals surface area contributed by atoms with E-state index >= 15 is 0 Å². The van der Waals surface area contributed by atoms with Crippen molar-refractivity contribution in [2.24, 2.45) is 5.92 Å². The van der Waals surface area contributed by atoms with Crippen LogP contribution >= 0.6 is 0 Å². The van der Waals surface area contributed by atoms with Gasteiger partial charge >= 0.3 is 11.9 Å². The highest BCUT2D eigenvalue weighted by molar-refractivity contribution is 6.10. The highest BCUT2D eigenvalue weighted by atomic mass is 16.4. The zero-order valence-electron chi connectivity index (χ0n) is 17.8. The van der Waals surface area contributed by atoms with Crippen LogP contribution in [0.4, 0.5) is 0 Å².